The number of nitriles is 1. The van der Waals surface area contributed by atoms with Crippen molar-refractivity contribution in [3.05, 3.63) is 23.5 Å². The van der Waals surface area contributed by atoms with Gasteiger partial charge in [0.2, 0.25) is 5.88 Å². The van der Waals surface area contributed by atoms with Crippen molar-refractivity contribution < 1.29 is 4.74 Å². The quantitative estimate of drug-likeness (QED) is 0.832. The molecule has 80 valence electrons. The average Bonchev–Trinajstić information content (AvgIpc) is 3.09. The van der Waals surface area contributed by atoms with Crippen molar-refractivity contribution in [2.45, 2.75) is 18.8 Å². The topological polar surface area (TPSA) is 61.7 Å². The number of hydrogen-bond acceptors (Lipinski definition) is 3. The number of H-pyrrole nitrogens is 1. The van der Waals surface area contributed by atoms with Crippen LogP contribution in [0.3, 0.4) is 0 Å². The van der Waals surface area contributed by atoms with Crippen LogP contribution < -0.4 is 4.74 Å². The number of methoxy groups -OCH3 is 1. The first-order chi connectivity index (χ1) is 7.83. The Morgan fingerprint density at radius 1 is 1.56 bits per heavy atom. The Bertz CT molecular complexity index is 590. The Labute approximate surface area is 92.9 Å². The maximum atomic E-state index is 9.18. The van der Waals surface area contributed by atoms with E-state index in [0.717, 1.165) is 22.2 Å². The van der Waals surface area contributed by atoms with Gasteiger partial charge in [-0.2, -0.15) is 5.26 Å². The summed E-state index contributed by atoms with van der Waals surface area (Å²) in [5.41, 5.74) is 2.74. The maximum absolute atomic E-state index is 9.18. The summed E-state index contributed by atoms with van der Waals surface area (Å²) in [5, 5.41) is 10.1. The lowest BCUT2D eigenvalue weighted by Gasteiger charge is -1.96. The van der Waals surface area contributed by atoms with E-state index in [9.17, 15) is 5.26 Å². The second kappa shape index (κ2) is 3.24. The molecule has 0 radical (unpaired) electrons. The summed E-state index contributed by atoms with van der Waals surface area (Å²) in [6.45, 7) is 0. The first kappa shape index (κ1) is 9.22. The van der Waals surface area contributed by atoms with Crippen molar-refractivity contribution >= 4 is 10.9 Å². The number of pyridine rings is 1. The molecule has 1 saturated carbocycles. The van der Waals surface area contributed by atoms with E-state index in [1.54, 1.807) is 13.3 Å². The smallest absolute Gasteiger partial charge is 0.215 e. The van der Waals surface area contributed by atoms with Gasteiger partial charge in [-0.1, -0.05) is 0 Å². The van der Waals surface area contributed by atoms with Crippen LogP contribution in [0.4, 0.5) is 0 Å². The van der Waals surface area contributed by atoms with Crippen LogP contribution in [0.15, 0.2) is 12.3 Å². The van der Waals surface area contributed by atoms with Gasteiger partial charge in [0, 0.05) is 29.3 Å². The molecule has 0 saturated heterocycles. The Balaban J connectivity index is 2.25. The lowest BCUT2D eigenvalue weighted by Crippen LogP contribution is -1.85. The third kappa shape index (κ3) is 1.25. The van der Waals surface area contributed by atoms with Crippen molar-refractivity contribution in [3.8, 4) is 11.9 Å². The van der Waals surface area contributed by atoms with Gasteiger partial charge >= 0.3 is 0 Å². The van der Waals surface area contributed by atoms with E-state index in [-0.39, 0.29) is 0 Å². The molecule has 2 aromatic rings. The molecule has 1 N–H and O–H groups in total. The molecule has 4 heteroatoms. The van der Waals surface area contributed by atoms with Crippen molar-refractivity contribution in [1.82, 2.24) is 9.97 Å². The summed E-state index contributed by atoms with van der Waals surface area (Å²) in [6.07, 6.45) is 4.05. The van der Waals surface area contributed by atoms with Crippen LogP contribution >= 0.6 is 0 Å². The minimum absolute atomic E-state index is 0.535. The van der Waals surface area contributed by atoms with Crippen LogP contribution in [0.2, 0.25) is 0 Å². The zero-order valence-electron chi connectivity index (χ0n) is 8.95. The Kier molecular flexibility index (Phi) is 1.87. The number of ether oxygens (including phenoxy) is 1. The lowest BCUT2D eigenvalue weighted by atomic mass is 10.1. The number of nitrogens with zero attached hydrogens (tertiary/aromatic N) is 2. The maximum Gasteiger partial charge on any atom is 0.215 e. The van der Waals surface area contributed by atoms with E-state index in [0.29, 0.717) is 11.8 Å². The molecule has 2 heterocycles. The molecular weight excluding hydrogens is 202 g/mol. The van der Waals surface area contributed by atoms with Gasteiger partial charge in [0.1, 0.15) is 6.07 Å². The lowest BCUT2D eigenvalue weighted by molar-refractivity contribution is 0.398. The van der Waals surface area contributed by atoms with E-state index in [1.807, 2.05) is 6.07 Å². The fourth-order valence-corrected chi connectivity index (χ4v) is 2.00. The number of aromatic nitrogens is 2. The monoisotopic (exact) mass is 213 g/mol. The molecule has 1 aliphatic rings. The molecule has 2 aromatic heterocycles. The molecule has 1 aliphatic carbocycles. The summed E-state index contributed by atoms with van der Waals surface area (Å²) < 4.78 is 5.07. The fraction of sp³-hybridized carbons (Fsp3) is 0.333. The molecule has 0 bridgehead atoms. The van der Waals surface area contributed by atoms with E-state index >= 15 is 0 Å². The van der Waals surface area contributed by atoms with Crippen LogP contribution in [0.25, 0.3) is 10.9 Å². The summed E-state index contributed by atoms with van der Waals surface area (Å²) in [4.78, 5) is 7.44. The van der Waals surface area contributed by atoms with Crippen LogP contribution in [0.5, 0.6) is 5.88 Å². The molecule has 0 amide bonds. The van der Waals surface area contributed by atoms with E-state index < -0.39 is 0 Å². The average molecular weight is 213 g/mol. The van der Waals surface area contributed by atoms with Gasteiger partial charge in [0.25, 0.3) is 0 Å². The summed E-state index contributed by atoms with van der Waals surface area (Å²) in [7, 11) is 1.59. The second-order valence-electron chi connectivity index (χ2n) is 4.07. The highest BCUT2D eigenvalue weighted by atomic mass is 16.5. The van der Waals surface area contributed by atoms with Gasteiger partial charge < -0.3 is 9.72 Å². The molecule has 16 heavy (non-hydrogen) atoms. The van der Waals surface area contributed by atoms with Crippen LogP contribution in [-0.4, -0.2) is 17.1 Å². The van der Waals surface area contributed by atoms with Gasteiger partial charge in [0.05, 0.1) is 18.2 Å². The molecule has 1 fully saturated rings. The Hall–Kier alpha value is -2.02. The van der Waals surface area contributed by atoms with Gasteiger partial charge in [-0.3, -0.25) is 0 Å². The third-order valence-corrected chi connectivity index (χ3v) is 2.99. The van der Waals surface area contributed by atoms with Crippen molar-refractivity contribution in [3.63, 3.8) is 0 Å². The molecule has 0 unspecified atom stereocenters. The number of hydrogen-bond donors (Lipinski definition) is 1. The molecule has 0 atom stereocenters. The number of fused-ring (bicyclic) bond motifs is 1. The van der Waals surface area contributed by atoms with Crippen LogP contribution in [0, 0.1) is 11.3 Å². The van der Waals surface area contributed by atoms with E-state index in [4.69, 9.17) is 4.74 Å². The zero-order valence-corrected chi connectivity index (χ0v) is 8.95. The van der Waals surface area contributed by atoms with Gasteiger partial charge in [0.15, 0.2) is 0 Å². The second-order valence-corrected chi connectivity index (χ2v) is 4.07. The Morgan fingerprint density at radius 2 is 2.38 bits per heavy atom. The van der Waals surface area contributed by atoms with Crippen molar-refractivity contribution in [2.24, 2.45) is 0 Å². The molecule has 0 aliphatic heterocycles. The number of rotatable bonds is 2. The van der Waals surface area contributed by atoms with E-state index in [1.165, 1.54) is 12.8 Å². The zero-order chi connectivity index (χ0) is 11.1. The van der Waals surface area contributed by atoms with Crippen molar-refractivity contribution in [2.75, 3.05) is 7.11 Å². The predicted octanol–water partition coefficient (Wildman–Crippen LogP) is 2.32. The summed E-state index contributed by atoms with van der Waals surface area (Å²) >= 11 is 0. The highest BCUT2D eigenvalue weighted by Gasteiger charge is 2.29. The highest BCUT2D eigenvalue weighted by molar-refractivity contribution is 5.87. The van der Waals surface area contributed by atoms with Gasteiger partial charge in [-0.15, -0.1) is 0 Å². The normalized spacial score (nSPS) is 15.0. The summed E-state index contributed by atoms with van der Waals surface area (Å²) in [6, 6.07) is 4.10. The molecule has 3 rings (SSSR count). The SMILES string of the molecule is COc1cc2[nH]c(C3CC3)c(C#N)c2cn1. The minimum atomic E-state index is 0.535. The van der Waals surface area contributed by atoms with Gasteiger partial charge in [-0.05, 0) is 12.8 Å². The molecule has 0 spiro atoms. The van der Waals surface area contributed by atoms with Gasteiger partial charge in [-0.25, -0.2) is 4.98 Å². The first-order valence-electron chi connectivity index (χ1n) is 5.29. The number of nitrogens with one attached hydrogen (secondary N) is 1. The molecule has 0 aromatic carbocycles. The summed E-state index contributed by atoms with van der Waals surface area (Å²) in [5.74, 6) is 1.11. The molecular formula is C12H11N3O. The van der Waals surface area contributed by atoms with E-state index in [2.05, 4.69) is 16.0 Å². The van der Waals surface area contributed by atoms with Crippen LogP contribution in [-0.2, 0) is 0 Å². The fourth-order valence-electron chi connectivity index (χ4n) is 2.00. The third-order valence-electron chi connectivity index (χ3n) is 2.99. The number of aromatic amines is 1. The predicted molar refractivity (Wildman–Crippen MR) is 59.3 cm³/mol. The van der Waals surface area contributed by atoms with Crippen molar-refractivity contribution in [1.29, 1.82) is 5.26 Å². The standard InChI is InChI=1S/C12H11N3O/c1-16-11-4-10-9(6-14-11)8(5-13)12(15-10)7-2-3-7/h4,6-7,15H,2-3H2,1H3. The minimum Gasteiger partial charge on any atom is -0.481 e. The Morgan fingerprint density at radius 3 is 3.00 bits per heavy atom. The molecule has 4 nitrogen and oxygen atoms in total. The van der Waals surface area contributed by atoms with Crippen LogP contribution in [0.1, 0.15) is 30.0 Å². The largest absolute Gasteiger partial charge is 0.481 e. The first-order valence-corrected chi connectivity index (χ1v) is 5.29. The highest BCUT2D eigenvalue weighted by Crippen LogP contribution is 2.42.